The van der Waals surface area contributed by atoms with Crippen LogP contribution in [0.2, 0.25) is 0 Å². The Labute approximate surface area is 129 Å². The molecular weight excluding hydrogens is 308 g/mol. The Kier molecular flexibility index (Phi) is 4.97. The van der Waals surface area contributed by atoms with Gasteiger partial charge in [-0.3, -0.25) is 0 Å². The van der Waals surface area contributed by atoms with E-state index in [2.05, 4.69) is 9.71 Å². The lowest BCUT2D eigenvalue weighted by molar-refractivity contribution is 0.242. The number of benzene rings is 1. The summed E-state index contributed by atoms with van der Waals surface area (Å²) < 4.78 is 32.4. The third-order valence-corrected chi connectivity index (χ3v) is 4.86. The maximum Gasteiger partial charge on any atom is 0.240 e. The van der Waals surface area contributed by atoms with Crippen molar-refractivity contribution in [3.63, 3.8) is 0 Å². The van der Waals surface area contributed by atoms with Crippen LogP contribution in [-0.4, -0.2) is 19.5 Å². The number of ether oxygens (including phenoxy) is 1. The zero-order chi connectivity index (χ0) is 15.5. The minimum atomic E-state index is -3.54. The van der Waals surface area contributed by atoms with Gasteiger partial charge in [-0.15, -0.1) is 11.3 Å². The molecule has 0 amide bonds. The third kappa shape index (κ3) is 4.52. The first-order chi connectivity index (χ1) is 9.87. The van der Waals surface area contributed by atoms with Crippen molar-refractivity contribution in [2.24, 2.45) is 0 Å². The highest BCUT2D eigenvalue weighted by Crippen LogP contribution is 2.17. The van der Waals surface area contributed by atoms with E-state index in [0.717, 1.165) is 10.7 Å². The Balaban J connectivity index is 2.05. The second kappa shape index (κ2) is 6.55. The van der Waals surface area contributed by atoms with Crippen molar-refractivity contribution in [2.75, 3.05) is 0 Å². The highest BCUT2D eigenvalue weighted by molar-refractivity contribution is 7.89. The molecule has 1 N–H and O–H groups in total. The van der Waals surface area contributed by atoms with E-state index in [-0.39, 0.29) is 17.5 Å². The van der Waals surface area contributed by atoms with Gasteiger partial charge in [0.05, 0.1) is 28.2 Å². The first kappa shape index (κ1) is 15.9. The fourth-order valence-electron chi connectivity index (χ4n) is 1.71. The fourth-order valence-corrected chi connectivity index (χ4v) is 3.32. The van der Waals surface area contributed by atoms with Crippen LogP contribution in [0.1, 0.15) is 24.5 Å². The summed E-state index contributed by atoms with van der Waals surface area (Å²) in [6, 6.07) is 6.38. The number of nitrogens with one attached hydrogen (secondary N) is 1. The summed E-state index contributed by atoms with van der Waals surface area (Å²) in [5.74, 6) is 0.652. The number of nitrogens with zero attached hydrogens (tertiary/aromatic N) is 1. The molecule has 2 aromatic rings. The van der Waals surface area contributed by atoms with Gasteiger partial charge in [0.2, 0.25) is 10.0 Å². The Morgan fingerprint density at radius 3 is 2.48 bits per heavy atom. The molecule has 0 spiro atoms. The van der Waals surface area contributed by atoms with Crippen molar-refractivity contribution in [1.82, 2.24) is 9.71 Å². The van der Waals surface area contributed by atoms with E-state index in [1.165, 1.54) is 23.5 Å². The zero-order valence-electron chi connectivity index (χ0n) is 12.2. The van der Waals surface area contributed by atoms with Crippen molar-refractivity contribution in [3.05, 3.63) is 40.3 Å². The lowest BCUT2D eigenvalue weighted by Gasteiger charge is -2.10. The smallest absolute Gasteiger partial charge is 0.240 e. The average molecular weight is 326 g/mol. The Hall–Kier alpha value is -1.44. The summed E-state index contributed by atoms with van der Waals surface area (Å²) in [6.45, 7) is 5.91. The lowest BCUT2D eigenvalue weighted by Crippen LogP contribution is -2.23. The zero-order valence-corrected chi connectivity index (χ0v) is 13.8. The third-order valence-electron chi connectivity index (χ3n) is 2.62. The molecule has 1 heterocycles. The number of aromatic nitrogens is 1. The van der Waals surface area contributed by atoms with Gasteiger partial charge in [0, 0.05) is 5.38 Å². The summed E-state index contributed by atoms with van der Waals surface area (Å²) in [7, 11) is -3.54. The van der Waals surface area contributed by atoms with Gasteiger partial charge in [-0.25, -0.2) is 18.1 Å². The molecule has 0 saturated heterocycles. The van der Waals surface area contributed by atoms with Gasteiger partial charge in [-0.2, -0.15) is 0 Å². The summed E-state index contributed by atoms with van der Waals surface area (Å²) in [4.78, 5) is 4.44. The van der Waals surface area contributed by atoms with Crippen LogP contribution < -0.4 is 9.46 Å². The number of hydrogen-bond acceptors (Lipinski definition) is 5. The number of thiazole rings is 1. The molecule has 5 nitrogen and oxygen atoms in total. The van der Waals surface area contributed by atoms with Crippen LogP contribution in [-0.2, 0) is 16.6 Å². The van der Waals surface area contributed by atoms with E-state index >= 15 is 0 Å². The second-order valence-electron chi connectivity index (χ2n) is 4.82. The first-order valence-corrected chi connectivity index (χ1v) is 8.90. The summed E-state index contributed by atoms with van der Waals surface area (Å²) >= 11 is 1.50. The van der Waals surface area contributed by atoms with E-state index in [4.69, 9.17) is 4.74 Å². The largest absolute Gasteiger partial charge is 0.491 e. The van der Waals surface area contributed by atoms with Gasteiger partial charge in [-0.1, -0.05) is 0 Å². The van der Waals surface area contributed by atoms with E-state index in [9.17, 15) is 8.42 Å². The van der Waals surface area contributed by atoms with Gasteiger partial charge < -0.3 is 4.74 Å². The molecule has 0 bridgehead atoms. The minimum absolute atomic E-state index is 0.0542. The number of sulfonamides is 1. The van der Waals surface area contributed by atoms with Crippen LogP contribution in [0.3, 0.4) is 0 Å². The van der Waals surface area contributed by atoms with E-state index in [1.807, 2.05) is 26.2 Å². The fraction of sp³-hybridized carbons (Fsp3) is 0.357. The molecule has 0 aliphatic rings. The van der Waals surface area contributed by atoms with E-state index in [0.29, 0.717) is 5.75 Å². The molecule has 0 unspecified atom stereocenters. The number of aryl methyl sites for hydroxylation is 1. The predicted octanol–water partition coefficient (Wildman–Crippen LogP) is 2.72. The highest BCUT2D eigenvalue weighted by Gasteiger charge is 2.14. The molecule has 0 atom stereocenters. The van der Waals surface area contributed by atoms with Crippen molar-refractivity contribution >= 4 is 21.4 Å². The summed E-state index contributed by atoms with van der Waals surface area (Å²) in [5, 5.41) is 2.76. The van der Waals surface area contributed by atoms with Crippen LogP contribution in [0.15, 0.2) is 34.5 Å². The maximum absolute atomic E-state index is 12.2. The molecule has 0 saturated carbocycles. The molecule has 0 radical (unpaired) electrons. The van der Waals surface area contributed by atoms with Crippen LogP contribution in [0.4, 0.5) is 0 Å². The quantitative estimate of drug-likeness (QED) is 0.886. The molecule has 0 fully saturated rings. The average Bonchev–Trinajstić information content (AvgIpc) is 2.82. The van der Waals surface area contributed by atoms with E-state index in [1.54, 1.807) is 12.1 Å². The SMILES string of the molecule is Cc1nc(CNS(=O)(=O)c2ccc(OC(C)C)cc2)cs1. The van der Waals surface area contributed by atoms with Crippen LogP contribution in [0.5, 0.6) is 5.75 Å². The van der Waals surface area contributed by atoms with Gasteiger partial charge >= 0.3 is 0 Å². The topological polar surface area (TPSA) is 68.3 Å². The van der Waals surface area contributed by atoms with Gasteiger partial charge in [0.1, 0.15) is 5.75 Å². The normalized spacial score (nSPS) is 11.8. The molecule has 7 heteroatoms. The number of hydrogen-bond donors (Lipinski definition) is 1. The maximum atomic E-state index is 12.2. The Morgan fingerprint density at radius 2 is 1.95 bits per heavy atom. The van der Waals surface area contributed by atoms with Crippen LogP contribution >= 0.6 is 11.3 Å². The monoisotopic (exact) mass is 326 g/mol. The standard InChI is InChI=1S/C14H18N2O3S2/c1-10(2)19-13-4-6-14(7-5-13)21(17,18)15-8-12-9-20-11(3)16-12/h4-7,9-10,15H,8H2,1-3H3. The number of rotatable bonds is 6. The molecule has 0 aliphatic heterocycles. The van der Waals surface area contributed by atoms with Gasteiger partial charge in [0.25, 0.3) is 0 Å². The van der Waals surface area contributed by atoms with Crippen molar-refractivity contribution in [2.45, 2.75) is 38.3 Å². The molecular formula is C14H18N2O3S2. The Morgan fingerprint density at radius 1 is 1.29 bits per heavy atom. The Bertz CT molecular complexity index is 691. The van der Waals surface area contributed by atoms with Crippen molar-refractivity contribution in [1.29, 1.82) is 0 Å². The second-order valence-corrected chi connectivity index (χ2v) is 7.65. The molecule has 21 heavy (non-hydrogen) atoms. The summed E-state index contributed by atoms with van der Waals surface area (Å²) in [6.07, 6.45) is 0.0542. The van der Waals surface area contributed by atoms with E-state index < -0.39 is 10.0 Å². The predicted molar refractivity (Wildman–Crippen MR) is 83.1 cm³/mol. The van der Waals surface area contributed by atoms with Crippen LogP contribution in [0, 0.1) is 6.92 Å². The van der Waals surface area contributed by atoms with Crippen LogP contribution in [0.25, 0.3) is 0 Å². The molecule has 0 aliphatic carbocycles. The highest BCUT2D eigenvalue weighted by atomic mass is 32.2. The molecule has 1 aromatic carbocycles. The molecule has 1 aromatic heterocycles. The van der Waals surface area contributed by atoms with Gasteiger partial charge in [0.15, 0.2) is 0 Å². The molecule has 2 rings (SSSR count). The summed E-state index contributed by atoms with van der Waals surface area (Å²) in [5.41, 5.74) is 0.723. The van der Waals surface area contributed by atoms with Crippen molar-refractivity contribution in [3.8, 4) is 5.75 Å². The van der Waals surface area contributed by atoms with Gasteiger partial charge in [-0.05, 0) is 45.0 Å². The first-order valence-electron chi connectivity index (χ1n) is 6.54. The lowest BCUT2D eigenvalue weighted by atomic mass is 10.3. The minimum Gasteiger partial charge on any atom is -0.491 e. The van der Waals surface area contributed by atoms with Crippen molar-refractivity contribution < 1.29 is 13.2 Å². The molecule has 114 valence electrons.